The molecule has 0 nitrogen and oxygen atoms in total. The quantitative estimate of drug-likeness (QED) is 0.454. The van der Waals surface area contributed by atoms with E-state index >= 15 is 0 Å². The molecule has 1 unspecified atom stereocenters. The number of fused-ring (bicyclic) bond motifs is 1. The molecule has 2 aliphatic carbocycles. The Labute approximate surface area is 145 Å². The number of hydrogen-bond acceptors (Lipinski definition) is 0. The van der Waals surface area contributed by atoms with Crippen LogP contribution in [0.2, 0.25) is 13.1 Å². The van der Waals surface area contributed by atoms with Gasteiger partial charge in [0.15, 0.2) is 0 Å². The van der Waals surface area contributed by atoms with Crippen LogP contribution < -0.4 is 24.8 Å². The minimum atomic E-state index is -1.06. The van der Waals surface area contributed by atoms with Gasteiger partial charge in [-0.1, -0.05) is 0 Å². The fourth-order valence-electron chi connectivity index (χ4n) is 2.77. The molecule has 2 aliphatic rings. The molecule has 0 spiro atoms. The molecule has 1 aromatic carbocycles. The standard InChI is InChI=1S/C9H7.C7H11Si.2ClH.Hf/c1-2-5-9-7-3-6-8(9)4-1;1-8(2)7-5-3-4-6-7;;;/h1-7H;3-5H,6H2,1-2H3;2*1H;/q;;;;+2/p-2. The van der Waals surface area contributed by atoms with Crippen LogP contribution in [0.15, 0.2) is 53.8 Å². The van der Waals surface area contributed by atoms with E-state index in [1.54, 1.807) is 10.8 Å². The predicted molar refractivity (Wildman–Crippen MR) is 77.5 cm³/mol. The average Bonchev–Trinajstić information content (AvgIpc) is 2.99. The first kappa shape index (κ1) is 18.2. The summed E-state index contributed by atoms with van der Waals surface area (Å²) in [4.78, 5) is 0. The molecule has 0 fully saturated rings. The van der Waals surface area contributed by atoms with Crippen molar-refractivity contribution in [2.75, 3.05) is 0 Å². The van der Waals surface area contributed by atoms with Crippen LogP contribution in [0.5, 0.6) is 0 Å². The van der Waals surface area contributed by atoms with Gasteiger partial charge in [0, 0.05) is 0 Å². The van der Waals surface area contributed by atoms with E-state index in [9.17, 15) is 0 Å². The maximum Gasteiger partial charge on any atom is -1.00 e. The van der Waals surface area contributed by atoms with Gasteiger partial charge < -0.3 is 24.8 Å². The number of rotatable bonds is 3. The Kier molecular flexibility index (Phi) is 6.71. The Hall–Kier alpha value is 0.107. The summed E-state index contributed by atoms with van der Waals surface area (Å²) in [5.74, 6) is 0. The molecule has 20 heavy (non-hydrogen) atoms. The number of hydrogen-bond donors (Lipinski definition) is 0. The molecule has 0 aromatic heterocycles. The summed E-state index contributed by atoms with van der Waals surface area (Å²) in [5.41, 5.74) is 3.09. The van der Waals surface area contributed by atoms with Crippen molar-refractivity contribution in [2.45, 2.75) is 23.2 Å². The molecule has 4 heteroatoms. The van der Waals surface area contributed by atoms with Crippen molar-refractivity contribution in [3.05, 3.63) is 64.9 Å². The van der Waals surface area contributed by atoms with Crippen LogP contribution >= 0.6 is 0 Å². The summed E-state index contributed by atoms with van der Waals surface area (Å²) in [6, 6.07) is 8.97. The second-order valence-corrected chi connectivity index (χ2v) is 28.6. The molecule has 0 saturated heterocycles. The van der Waals surface area contributed by atoms with Gasteiger partial charge in [-0.05, 0) is 0 Å². The Bertz CT molecular complexity index is 561. The molecule has 0 heterocycles. The molecule has 0 N–H and O–H groups in total. The van der Waals surface area contributed by atoms with Crippen molar-refractivity contribution in [2.24, 2.45) is 0 Å². The van der Waals surface area contributed by atoms with E-state index in [2.05, 4.69) is 67.7 Å². The fraction of sp³-hybridized carbons (Fsp3) is 0.250. The van der Waals surface area contributed by atoms with E-state index in [0.29, 0.717) is 0 Å². The van der Waals surface area contributed by atoms with Gasteiger partial charge in [0.1, 0.15) is 0 Å². The minimum Gasteiger partial charge on any atom is -1.00 e. The van der Waals surface area contributed by atoms with Gasteiger partial charge >= 0.3 is 121 Å². The van der Waals surface area contributed by atoms with Crippen molar-refractivity contribution in [3.8, 4) is 0 Å². The van der Waals surface area contributed by atoms with Crippen LogP contribution in [-0.4, -0.2) is 5.26 Å². The zero-order valence-electron chi connectivity index (χ0n) is 11.7. The van der Waals surface area contributed by atoms with Gasteiger partial charge in [-0.2, -0.15) is 0 Å². The Morgan fingerprint density at radius 1 is 1.15 bits per heavy atom. The molecular weight excluding hydrogens is 470 g/mol. The van der Waals surface area contributed by atoms with Gasteiger partial charge in [0.2, 0.25) is 0 Å². The zero-order chi connectivity index (χ0) is 12.6. The van der Waals surface area contributed by atoms with Crippen molar-refractivity contribution in [3.63, 3.8) is 0 Å². The predicted octanol–water partition coefficient (Wildman–Crippen LogP) is -1.52. The second kappa shape index (κ2) is 7.39. The molecule has 0 bridgehead atoms. The molecule has 0 aliphatic heterocycles. The summed E-state index contributed by atoms with van der Waals surface area (Å²) in [6.45, 7) is 5.20. The van der Waals surface area contributed by atoms with E-state index < -0.39 is 27.3 Å². The number of halogens is 2. The van der Waals surface area contributed by atoms with Crippen molar-refractivity contribution in [1.29, 1.82) is 0 Å². The Morgan fingerprint density at radius 3 is 2.60 bits per heavy atom. The largest absolute Gasteiger partial charge is 1.00 e. The van der Waals surface area contributed by atoms with Gasteiger partial charge in [-0.3, -0.25) is 0 Å². The molecule has 3 rings (SSSR count). The molecule has 0 amide bonds. The average molecular weight is 488 g/mol. The summed E-state index contributed by atoms with van der Waals surface area (Å²) in [5, 5.41) is 0.733. The summed E-state index contributed by atoms with van der Waals surface area (Å²) in [6.07, 6.45) is 13.1. The van der Waals surface area contributed by atoms with Crippen LogP contribution in [0.1, 0.15) is 21.2 Å². The van der Waals surface area contributed by atoms with Crippen LogP contribution in [0.3, 0.4) is 0 Å². The second-order valence-electron chi connectivity index (χ2n) is 5.56. The van der Waals surface area contributed by atoms with Gasteiger partial charge in [-0.15, -0.1) is 0 Å². The van der Waals surface area contributed by atoms with Crippen LogP contribution in [0.25, 0.3) is 6.08 Å². The summed E-state index contributed by atoms with van der Waals surface area (Å²) >= 11 is -0.647. The fourth-order valence-corrected chi connectivity index (χ4v) is 21.5. The van der Waals surface area contributed by atoms with E-state index in [4.69, 9.17) is 0 Å². The third-order valence-corrected chi connectivity index (χ3v) is 23.3. The topological polar surface area (TPSA) is 0 Å². The summed E-state index contributed by atoms with van der Waals surface area (Å²) in [7, 11) is 0. The first-order valence-corrected chi connectivity index (χ1v) is 17.0. The normalized spacial score (nSPS) is 18.7. The first-order valence-electron chi connectivity index (χ1n) is 6.58. The van der Waals surface area contributed by atoms with E-state index in [1.807, 2.05) is 0 Å². The smallest absolute Gasteiger partial charge is 1.00 e. The first-order chi connectivity index (χ1) is 8.67. The van der Waals surface area contributed by atoms with Gasteiger partial charge in [0.25, 0.3) is 0 Å². The van der Waals surface area contributed by atoms with E-state index in [0.717, 1.165) is 3.67 Å². The monoisotopic (exact) mass is 488 g/mol. The zero-order valence-corrected chi connectivity index (χ0v) is 17.8. The van der Waals surface area contributed by atoms with Gasteiger partial charge in [0.05, 0.1) is 0 Å². The van der Waals surface area contributed by atoms with E-state index in [1.165, 1.54) is 12.0 Å². The SMILES string of the molecule is C[Si](C)([Hf+2][CH]1C=Cc2ccccc21)C1=CC=CC1.[Cl-].[Cl-]. The molecule has 1 aromatic rings. The molecule has 1 atom stereocenters. The van der Waals surface area contributed by atoms with Crippen LogP contribution in [-0.2, 0) is 22.1 Å². The number of allylic oxidation sites excluding steroid dienone is 5. The number of benzene rings is 1. The van der Waals surface area contributed by atoms with Crippen LogP contribution in [0.4, 0.5) is 0 Å². The third-order valence-electron chi connectivity index (χ3n) is 3.89. The molecule has 0 radical (unpaired) electrons. The van der Waals surface area contributed by atoms with Crippen molar-refractivity contribution in [1.82, 2.24) is 0 Å². The van der Waals surface area contributed by atoms with Crippen molar-refractivity contribution < 1.29 is 46.9 Å². The maximum absolute atomic E-state index is 2.60. The van der Waals surface area contributed by atoms with Crippen molar-refractivity contribution >= 4 is 11.3 Å². The van der Waals surface area contributed by atoms with Gasteiger partial charge in [-0.25, -0.2) is 0 Å². The van der Waals surface area contributed by atoms with E-state index in [-0.39, 0.29) is 24.8 Å². The molecule has 0 saturated carbocycles. The molecule has 104 valence electrons. The van der Waals surface area contributed by atoms with Crippen LogP contribution in [0, 0.1) is 0 Å². The Balaban J connectivity index is 0.000001000. The summed E-state index contributed by atoms with van der Waals surface area (Å²) < 4.78 is 0.837. The Morgan fingerprint density at radius 2 is 1.90 bits per heavy atom. The maximum atomic E-state index is 2.60. The minimum absolute atomic E-state index is 0. The third kappa shape index (κ3) is 3.65. The molecular formula is C16H18Cl2HfSi.